The van der Waals surface area contributed by atoms with Crippen LogP contribution < -0.4 is 9.64 Å². The van der Waals surface area contributed by atoms with Crippen molar-refractivity contribution in [2.45, 2.75) is 6.92 Å². The van der Waals surface area contributed by atoms with E-state index in [9.17, 15) is 4.79 Å². The van der Waals surface area contributed by atoms with Crippen LogP contribution in [-0.2, 0) is 9.53 Å². The number of anilines is 1. The van der Waals surface area contributed by atoms with Crippen molar-refractivity contribution in [1.29, 1.82) is 0 Å². The molecule has 0 aliphatic heterocycles. The lowest BCUT2D eigenvalue weighted by molar-refractivity contribution is -0.138. The number of hydrogen-bond acceptors (Lipinski definition) is 6. The maximum Gasteiger partial charge on any atom is 0.325 e. The molecule has 88 valence electrons. The van der Waals surface area contributed by atoms with Gasteiger partial charge < -0.3 is 14.4 Å². The van der Waals surface area contributed by atoms with Crippen LogP contribution in [0.2, 0.25) is 0 Å². The van der Waals surface area contributed by atoms with E-state index < -0.39 is 0 Å². The predicted molar refractivity (Wildman–Crippen MR) is 58.5 cm³/mol. The van der Waals surface area contributed by atoms with E-state index in [1.807, 2.05) is 6.92 Å². The fourth-order valence-corrected chi connectivity index (χ4v) is 1.10. The van der Waals surface area contributed by atoms with Crippen molar-refractivity contribution < 1.29 is 14.3 Å². The zero-order chi connectivity index (χ0) is 12.0. The van der Waals surface area contributed by atoms with Crippen LogP contribution in [0.1, 0.15) is 6.92 Å². The zero-order valence-corrected chi connectivity index (χ0v) is 9.64. The van der Waals surface area contributed by atoms with Gasteiger partial charge in [0.15, 0.2) is 0 Å². The van der Waals surface area contributed by atoms with Gasteiger partial charge in [-0.15, -0.1) is 0 Å². The number of rotatable bonds is 5. The molecular formula is C10H15N3O3. The summed E-state index contributed by atoms with van der Waals surface area (Å²) in [5.74, 6) is 0.784. The van der Waals surface area contributed by atoms with Crippen LogP contribution in [0.25, 0.3) is 0 Å². The number of hydrogen-bond donors (Lipinski definition) is 0. The summed E-state index contributed by atoms with van der Waals surface area (Å²) in [5, 5.41) is 0. The van der Waals surface area contributed by atoms with Crippen LogP contribution in [0.3, 0.4) is 0 Å². The van der Waals surface area contributed by atoms with Crippen molar-refractivity contribution in [3.63, 3.8) is 0 Å². The average Bonchev–Trinajstić information content (AvgIpc) is 2.29. The Labute approximate surface area is 94.2 Å². The van der Waals surface area contributed by atoms with Gasteiger partial charge >= 0.3 is 5.97 Å². The van der Waals surface area contributed by atoms with E-state index in [4.69, 9.17) is 4.74 Å². The molecule has 1 aromatic heterocycles. The molecule has 0 amide bonds. The van der Waals surface area contributed by atoms with Crippen LogP contribution >= 0.6 is 0 Å². The first kappa shape index (κ1) is 12.2. The second-order valence-electron chi connectivity index (χ2n) is 3.08. The molecule has 6 heteroatoms. The minimum absolute atomic E-state index is 0.138. The van der Waals surface area contributed by atoms with Gasteiger partial charge in [-0.3, -0.25) is 4.79 Å². The van der Waals surface area contributed by atoms with E-state index in [1.54, 1.807) is 18.0 Å². The monoisotopic (exact) mass is 225 g/mol. The Kier molecular flexibility index (Phi) is 4.50. The lowest BCUT2D eigenvalue weighted by atomic mass is 10.5. The van der Waals surface area contributed by atoms with Crippen LogP contribution in [-0.4, -0.2) is 43.2 Å². The largest absolute Gasteiger partial charge is 0.478 e. The summed E-state index contributed by atoms with van der Waals surface area (Å²) in [7, 11) is 3.09. The summed E-state index contributed by atoms with van der Waals surface area (Å²) < 4.78 is 9.80. The molecule has 0 atom stereocenters. The van der Waals surface area contributed by atoms with Crippen molar-refractivity contribution in [2.75, 3.05) is 32.2 Å². The molecule has 1 aromatic rings. The Morgan fingerprint density at radius 1 is 1.50 bits per heavy atom. The number of likely N-dealkylation sites (N-methyl/N-ethyl adjacent to an activating group) is 1. The van der Waals surface area contributed by atoms with Gasteiger partial charge in [-0.1, -0.05) is 0 Å². The van der Waals surface area contributed by atoms with Crippen LogP contribution in [0.4, 0.5) is 5.82 Å². The van der Waals surface area contributed by atoms with Crippen molar-refractivity contribution in [1.82, 2.24) is 9.97 Å². The first-order chi connectivity index (χ1) is 7.67. The molecule has 1 rings (SSSR count). The van der Waals surface area contributed by atoms with Gasteiger partial charge in [0, 0.05) is 13.1 Å². The molecule has 0 radical (unpaired) electrons. The molecule has 1 heterocycles. The van der Waals surface area contributed by atoms with E-state index in [1.165, 1.54) is 13.4 Å². The molecular weight excluding hydrogens is 210 g/mol. The molecule has 0 aliphatic rings. The third kappa shape index (κ3) is 3.38. The molecule has 0 unspecified atom stereocenters. The number of esters is 1. The SMILES string of the molecule is CCOc1cc(N(C)CC(=O)OC)ncn1. The standard InChI is InChI=1S/C10H15N3O3/c1-4-16-9-5-8(11-7-12-9)13(2)6-10(14)15-3/h5,7H,4,6H2,1-3H3. The van der Waals surface area contributed by atoms with Gasteiger partial charge in [0.2, 0.25) is 5.88 Å². The van der Waals surface area contributed by atoms with Crippen LogP contribution in [0.5, 0.6) is 5.88 Å². The Morgan fingerprint density at radius 2 is 2.25 bits per heavy atom. The third-order valence-corrected chi connectivity index (χ3v) is 1.90. The van der Waals surface area contributed by atoms with Crippen molar-refractivity contribution in [3.05, 3.63) is 12.4 Å². The molecule has 16 heavy (non-hydrogen) atoms. The first-order valence-electron chi connectivity index (χ1n) is 4.90. The topological polar surface area (TPSA) is 64.5 Å². The highest BCUT2D eigenvalue weighted by molar-refractivity contribution is 5.75. The van der Waals surface area contributed by atoms with Gasteiger partial charge in [-0.2, -0.15) is 0 Å². The molecule has 0 bridgehead atoms. The van der Waals surface area contributed by atoms with E-state index in [2.05, 4.69) is 14.7 Å². The number of ether oxygens (including phenoxy) is 2. The summed E-state index contributed by atoms with van der Waals surface area (Å²) in [6.07, 6.45) is 1.40. The Balaban J connectivity index is 2.71. The van der Waals surface area contributed by atoms with E-state index in [0.29, 0.717) is 18.3 Å². The minimum Gasteiger partial charge on any atom is -0.478 e. The number of carbonyl (C=O) groups excluding carboxylic acids is 1. The molecule has 0 saturated heterocycles. The Bertz CT molecular complexity index is 357. The molecule has 0 aromatic carbocycles. The van der Waals surface area contributed by atoms with Gasteiger partial charge in [-0.25, -0.2) is 9.97 Å². The normalized spacial score (nSPS) is 9.69. The molecule has 0 aliphatic carbocycles. The van der Waals surface area contributed by atoms with Crippen molar-refractivity contribution >= 4 is 11.8 Å². The molecule has 0 fully saturated rings. The average molecular weight is 225 g/mol. The van der Waals surface area contributed by atoms with Crippen LogP contribution in [0, 0.1) is 0 Å². The summed E-state index contributed by atoms with van der Waals surface area (Å²) >= 11 is 0. The van der Waals surface area contributed by atoms with Gasteiger partial charge in [0.1, 0.15) is 18.7 Å². The summed E-state index contributed by atoms with van der Waals surface area (Å²) in [5.41, 5.74) is 0. The van der Waals surface area contributed by atoms with Crippen LogP contribution in [0.15, 0.2) is 12.4 Å². The summed E-state index contributed by atoms with van der Waals surface area (Å²) in [4.78, 5) is 20.7. The lowest BCUT2D eigenvalue weighted by Crippen LogP contribution is -2.27. The van der Waals surface area contributed by atoms with E-state index >= 15 is 0 Å². The van der Waals surface area contributed by atoms with Gasteiger partial charge in [-0.05, 0) is 6.92 Å². The predicted octanol–water partition coefficient (Wildman–Crippen LogP) is 0.484. The fourth-order valence-electron chi connectivity index (χ4n) is 1.10. The fraction of sp³-hybridized carbons (Fsp3) is 0.500. The number of nitrogens with zero attached hydrogens (tertiary/aromatic N) is 3. The highest BCUT2D eigenvalue weighted by Gasteiger charge is 2.09. The smallest absolute Gasteiger partial charge is 0.325 e. The maximum atomic E-state index is 11.1. The second-order valence-corrected chi connectivity index (χ2v) is 3.08. The molecule has 0 N–H and O–H groups in total. The third-order valence-electron chi connectivity index (χ3n) is 1.90. The van der Waals surface area contributed by atoms with Gasteiger partial charge in [0.25, 0.3) is 0 Å². The van der Waals surface area contributed by atoms with Gasteiger partial charge in [0.05, 0.1) is 13.7 Å². The zero-order valence-electron chi connectivity index (χ0n) is 9.64. The number of aromatic nitrogens is 2. The Hall–Kier alpha value is -1.85. The van der Waals surface area contributed by atoms with Crippen molar-refractivity contribution in [2.24, 2.45) is 0 Å². The highest BCUT2D eigenvalue weighted by Crippen LogP contribution is 2.13. The first-order valence-corrected chi connectivity index (χ1v) is 4.90. The quantitative estimate of drug-likeness (QED) is 0.679. The second kappa shape index (κ2) is 5.89. The minimum atomic E-state index is -0.320. The van der Waals surface area contributed by atoms with E-state index in [0.717, 1.165) is 0 Å². The lowest BCUT2D eigenvalue weighted by Gasteiger charge is -2.16. The van der Waals surface area contributed by atoms with E-state index in [-0.39, 0.29) is 12.5 Å². The highest BCUT2D eigenvalue weighted by atomic mass is 16.5. The van der Waals surface area contributed by atoms with Crippen molar-refractivity contribution in [3.8, 4) is 5.88 Å². The molecule has 0 spiro atoms. The molecule has 6 nitrogen and oxygen atoms in total. The summed E-state index contributed by atoms with van der Waals surface area (Å²) in [6, 6.07) is 1.67. The summed E-state index contributed by atoms with van der Waals surface area (Å²) in [6.45, 7) is 2.55. The number of carbonyl (C=O) groups is 1. The molecule has 0 saturated carbocycles. The Morgan fingerprint density at radius 3 is 2.88 bits per heavy atom. The number of methoxy groups -OCH3 is 1. The maximum absolute atomic E-state index is 11.1.